The molecular formula is C18H14BrN3O. The van der Waals surface area contributed by atoms with E-state index in [0.29, 0.717) is 12.2 Å². The van der Waals surface area contributed by atoms with E-state index in [0.717, 1.165) is 32.3 Å². The first-order valence-electron chi connectivity index (χ1n) is 7.18. The van der Waals surface area contributed by atoms with Crippen molar-refractivity contribution in [2.75, 3.05) is 6.61 Å². The van der Waals surface area contributed by atoms with E-state index in [4.69, 9.17) is 4.74 Å². The summed E-state index contributed by atoms with van der Waals surface area (Å²) in [6.45, 7) is 2.49. The number of aromatic amines is 1. The van der Waals surface area contributed by atoms with Crippen LogP contribution in [0.25, 0.3) is 22.6 Å². The summed E-state index contributed by atoms with van der Waals surface area (Å²) >= 11 is 3.48. The molecule has 2 aromatic heterocycles. The lowest BCUT2D eigenvalue weighted by Crippen LogP contribution is -1.94. The SMILES string of the molecule is CCOc1ccncc1C=C(C#N)c1c[nH]c2ccc(Br)cc12. The highest BCUT2D eigenvalue weighted by Crippen LogP contribution is 2.30. The van der Waals surface area contributed by atoms with Crippen molar-refractivity contribution >= 4 is 38.5 Å². The van der Waals surface area contributed by atoms with Gasteiger partial charge in [0.1, 0.15) is 5.75 Å². The number of halogens is 1. The van der Waals surface area contributed by atoms with Crippen molar-refractivity contribution in [2.45, 2.75) is 6.92 Å². The summed E-state index contributed by atoms with van der Waals surface area (Å²) in [5.41, 5.74) is 3.19. The lowest BCUT2D eigenvalue weighted by atomic mass is 10.0. The molecule has 0 spiro atoms. The average molecular weight is 368 g/mol. The van der Waals surface area contributed by atoms with Crippen LogP contribution in [-0.4, -0.2) is 16.6 Å². The molecular weight excluding hydrogens is 354 g/mol. The Hall–Kier alpha value is -2.58. The van der Waals surface area contributed by atoms with Crippen molar-refractivity contribution in [2.24, 2.45) is 0 Å². The summed E-state index contributed by atoms with van der Waals surface area (Å²) in [5.74, 6) is 0.719. The molecule has 2 heterocycles. The standard InChI is InChI=1S/C18H14BrN3O/c1-2-23-18-5-6-21-10-13(18)7-12(9-20)16-11-22-17-4-3-14(19)8-15(16)17/h3-8,10-11,22H,2H2,1H3. The van der Waals surface area contributed by atoms with Gasteiger partial charge in [0, 0.05) is 45.1 Å². The van der Waals surface area contributed by atoms with Gasteiger partial charge in [-0.15, -0.1) is 0 Å². The normalized spacial score (nSPS) is 11.4. The molecule has 114 valence electrons. The maximum atomic E-state index is 9.60. The van der Waals surface area contributed by atoms with E-state index in [-0.39, 0.29) is 0 Å². The molecule has 0 aliphatic carbocycles. The van der Waals surface area contributed by atoms with Crippen LogP contribution in [0.1, 0.15) is 18.1 Å². The second kappa shape index (κ2) is 6.67. The van der Waals surface area contributed by atoms with Crippen molar-refractivity contribution in [1.82, 2.24) is 9.97 Å². The molecule has 1 aromatic carbocycles. The van der Waals surface area contributed by atoms with Crippen LogP contribution < -0.4 is 4.74 Å². The van der Waals surface area contributed by atoms with Gasteiger partial charge in [0.2, 0.25) is 0 Å². The second-order valence-electron chi connectivity index (χ2n) is 4.91. The summed E-state index contributed by atoms with van der Waals surface area (Å²) in [4.78, 5) is 7.32. The van der Waals surface area contributed by atoms with Gasteiger partial charge in [-0.05, 0) is 37.3 Å². The molecule has 23 heavy (non-hydrogen) atoms. The van der Waals surface area contributed by atoms with Gasteiger partial charge in [-0.1, -0.05) is 15.9 Å². The number of nitrogens with zero attached hydrogens (tertiary/aromatic N) is 2. The zero-order chi connectivity index (χ0) is 16.2. The predicted octanol–water partition coefficient (Wildman–Crippen LogP) is 4.79. The van der Waals surface area contributed by atoms with Crippen LogP contribution in [0.4, 0.5) is 0 Å². The summed E-state index contributed by atoms with van der Waals surface area (Å²) in [6.07, 6.45) is 7.04. The number of pyridine rings is 1. The van der Waals surface area contributed by atoms with Crippen molar-refractivity contribution in [3.63, 3.8) is 0 Å². The van der Waals surface area contributed by atoms with Crippen LogP contribution >= 0.6 is 15.9 Å². The fraction of sp³-hybridized carbons (Fsp3) is 0.111. The van der Waals surface area contributed by atoms with E-state index in [9.17, 15) is 5.26 Å². The molecule has 0 fully saturated rings. The minimum Gasteiger partial charge on any atom is -0.493 e. The number of ether oxygens (including phenoxy) is 1. The maximum Gasteiger partial charge on any atom is 0.129 e. The summed E-state index contributed by atoms with van der Waals surface area (Å²) < 4.78 is 6.57. The number of hydrogen-bond acceptors (Lipinski definition) is 3. The van der Waals surface area contributed by atoms with E-state index in [1.807, 2.05) is 37.4 Å². The molecule has 3 aromatic rings. The Labute approximate surface area is 142 Å². The molecule has 3 rings (SSSR count). The molecule has 0 aliphatic rings. The van der Waals surface area contributed by atoms with Crippen molar-refractivity contribution < 1.29 is 4.74 Å². The van der Waals surface area contributed by atoms with Crippen LogP contribution in [0.3, 0.4) is 0 Å². The highest BCUT2D eigenvalue weighted by atomic mass is 79.9. The third kappa shape index (κ3) is 3.13. The number of nitrogens with one attached hydrogen (secondary N) is 1. The van der Waals surface area contributed by atoms with Crippen LogP contribution in [0.2, 0.25) is 0 Å². The summed E-state index contributed by atoms with van der Waals surface area (Å²) in [5, 5.41) is 10.6. The molecule has 0 bridgehead atoms. The van der Waals surface area contributed by atoms with Gasteiger partial charge in [0.05, 0.1) is 18.2 Å². The van der Waals surface area contributed by atoms with Gasteiger partial charge in [-0.2, -0.15) is 5.26 Å². The quantitative estimate of drug-likeness (QED) is 0.674. The number of benzene rings is 1. The topological polar surface area (TPSA) is 61.7 Å². The van der Waals surface area contributed by atoms with E-state index in [1.54, 1.807) is 18.5 Å². The fourth-order valence-corrected chi connectivity index (χ4v) is 2.79. The van der Waals surface area contributed by atoms with Gasteiger partial charge in [-0.3, -0.25) is 4.98 Å². The van der Waals surface area contributed by atoms with E-state index in [2.05, 4.69) is 32.0 Å². The molecule has 1 N–H and O–H groups in total. The third-order valence-electron chi connectivity index (χ3n) is 3.46. The fourth-order valence-electron chi connectivity index (χ4n) is 2.43. The molecule has 0 saturated heterocycles. The maximum absolute atomic E-state index is 9.60. The van der Waals surface area contributed by atoms with Gasteiger partial charge < -0.3 is 9.72 Å². The first-order chi connectivity index (χ1) is 11.2. The van der Waals surface area contributed by atoms with Crippen molar-refractivity contribution in [1.29, 1.82) is 5.26 Å². The first-order valence-corrected chi connectivity index (χ1v) is 7.98. The van der Waals surface area contributed by atoms with E-state index >= 15 is 0 Å². The summed E-state index contributed by atoms with van der Waals surface area (Å²) in [7, 11) is 0. The third-order valence-corrected chi connectivity index (χ3v) is 3.96. The van der Waals surface area contributed by atoms with Crippen molar-refractivity contribution in [3.05, 3.63) is 58.5 Å². The van der Waals surface area contributed by atoms with Gasteiger partial charge >= 0.3 is 0 Å². The smallest absolute Gasteiger partial charge is 0.129 e. The molecule has 5 heteroatoms. The Kier molecular flexibility index (Phi) is 4.45. The van der Waals surface area contributed by atoms with Crippen molar-refractivity contribution in [3.8, 4) is 11.8 Å². The Morgan fingerprint density at radius 2 is 2.30 bits per heavy atom. The predicted molar refractivity (Wildman–Crippen MR) is 94.9 cm³/mol. The van der Waals surface area contributed by atoms with Crippen LogP contribution in [-0.2, 0) is 0 Å². The molecule has 0 amide bonds. The lowest BCUT2D eigenvalue weighted by Gasteiger charge is -2.06. The van der Waals surface area contributed by atoms with Gasteiger partial charge in [-0.25, -0.2) is 0 Å². The zero-order valence-corrected chi connectivity index (χ0v) is 14.1. The Balaban J connectivity index is 2.12. The first kappa shape index (κ1) is 15.3. The molecule has 0 atom stereocenters. The zero-order valence-electron chi connectivity index (χ0n) is 12.5. The summed E-state index contributed by atoms with van der Waals surface area (Å²) in [6, 6.07) is 10.0. The number of nitriles is 1. The number of rotatable bonds is 4. The minimum atomic E-state index is 0.559. The second-order valence-corrected chi connectivity index (χ2v) is 5.82. The molecule has 0 saturated carbocycles. The van der Waals surface area contributed by atoms with Gasteiger partial charge in [0.15, 0.2) is 0 Å². The largest absolute Gasteiger partial charge is 0.493 e. The van der Waals surface area contributed by atoms with Crippen LogP contribution in [0.15, 0.2) is 47.3 Å². The molecule has 0 unspecified atom stereocenters. The monoisotopic (exact) mass is 367 g/mol. The van der Waals surface area contributed by atoms with Gasteiger partial charge in [0.25, 0.3) is 0 Å². The molecule has 0 aliphatic heterocycles. The Bertz CT molecular complexity index is 921. The van der Waals surface area contributed by atoms with Crippen LogP contribution in [0, 0.1) is 11.3 Å². The highest BCUT2D eigenvalue weighted by molar-refractivity contribution is 9.10. The average Bonchev–Trinajstić information content (AvgIpc) is 2.97. The van der Waals surface area contributed by atoms with E-state index in [1.165, 1.54) is 0 Å². The highest BCUT2D eigenvalue weighted by Gasteiger charge is 2.10. The molecule has 0 radical (unpaired) electrons. The minimum absolute atomic E-state index is 0.559. The number of fused-ring (bicyclic) bond motifs is 1. The Morgan fingerprint density at radius 3 is 3.09 bits per heavy atom. The number of hydrogen-bond donors (Lipinski definition) is 1. The van der Waals surface area contributed by atoms with Crippen LogP contribution in [0.5, 0.6) is 5.75 Å². The lowest BCUT2D eigenvalue weighted by molar-refractivity contribution is 0.339. The number of allylic oxidation sites excluding steroid dienone is 1. The number of aromatic nitrogens is 2. The van der Waals surface area contributed by atoms with E-state index < -0.39 is 0 Å². The number of H-pyrrole nitrogens is 1. The molecule has 4 nitrogen and oxygen atoms in total. The Morgan fingerprint density at radius 1 is 1.43 bits per heavy atom.